The van der Waals surface area contributed by atoms with Crippen molar-refractivity contribution in [1.29, 1.82) is 0 Å². The average molecular weight is 173 g/mol. The predicted octanol–water partition coefficient (Wildman–Crippen LogP) is 1.55. The number of nitrogens with one attached hydrogen (secondary N) is 1. The quantitative estimate of drug-likeness (QED) is 0.654. The molecule has 0 unspecified atom stereocenters. The number of H-pyrrole nitrogens is 1. The lowest BCUT2D eigenvalue weighted by atomic mass is 10.1. The van der Waals surface area contributed by atoms with Gasteiger partial charge in [0.1, 0.15) is 5.15 Å². The van der Waals surface area contributed by atoms with Crippen molar-refractivity contribution in [2.45, 2.75) is 19.8 Å². The van der Waals surface area contributed by atoms with E-state index >= 15 is 0 Å². The first-order chi connectivity index (χ1) is 5.13. The molecule has 60 valence electrons. The van der Waals surface area contributed by atoms with Crippen molar-refractivity contribution in [2.24, 2.45) is 0 Å². The van der Waals surface area contributed by atoms with Gasteiger partial charge in [-0.1, -0.05) is 25.4 Å². The molecule has 1 rings (SSSR count). The molecule has 0 aliphatic heterocycles. The lowest BCUT2D eigenvalue weighted by molar-refractivity contribution is 0.830. The Bertz CT molecular complexity index is 306. The normalized spacial score (nSPS) is 10.5. The van der Waals surface area contributed by atoms with Gasteiger partial charge < -0.3 is 4.98 Å². The second-order valence-corrected chi connectivity index (χ2v) is 2.95. The van der Waals surface area contributed by atoms with Crippen LogP contribution in [0.5, 0.6) is 0 Å². The van der Waals surface area contributed by atoms with E-state index in [1.54, 1.807) is 0 Å². The van der Waals surface area contributed by atoms with Crippen molar-refractivity contribution in [1.82, 2.24) is 9.97 Å². The number of nitrogens with zero attached hydrogens (tertiary/aromatic N) is 1. The Balaban J connectivity index is 3.33. The second-order valence-electron chi connectivity index (χ2n) is 2.59. The van der Waals surface area contributed by atoms with Crippen LogP contribution in [-0.2, 0) is 0 Å². The summed E-state index contributed by atoms with van der Waals surface area (Å²) in [6.45, 7) is 3.80. The van der Waals surface area contributed by atoms with E-state index in [1.807, 2.05) is 13.8 Å². The van der Waals surface area contributed by atoms with Gasteiger partial charge in [-0.05, 0) is 5.92 Å². The smallest absolute Gasteiger partial charge is 0.255 e. The van der Waals surface area contributed by atoms with Crippen molar-refractivity contribution in [3.05, 3.63) is 27.4 Å². The molecule has 11 heavy (non-hydrogen) atoms. The summed E-state index contributed by atoms with van der Waals surface area (Å²) >= 11 is 5.69. The summed E-state index contributed by atoms with van der Waals surface area (Å²) in [7, 11) is 0. The Labute approximate surface area is 69.4 Å². The first kappa shape index (κ1) is 8.27. The highest BCUT2D eigenvalue weighted by molar-refractivity contribution is 6.30. The first-order valence-electron chi connectivity index (χ1n) is 3.36. The molecule has 0 radical (unpaired) electrons. The minimum atomic E-state index is -0.153. The summed E-state index contributed by atoms with van der Waals surface area (Å²) in [6, 6.07) is 0. The molecule has 0 saturated heterocycles. The van der Waals surface area contributed by atoms with Gasteiger partial charge in [0, 0.05) is 0 Å². The highest BCUT2D eigenvalue weighted by atomic mass is 35.5. The monoisotopic (exact) mass is 172 g/mol. The third-order valence-corrected chi connectivity index (χ3v) is 1.72. The lowest BCUT2D eigenvalue weighted by Gasteiger charge is -2.03. The highest BCUT2D eigenvalue weighted by Gasteiger charge is 2.09. The molecule has 1 aromatic heterocycles. The Morgan fingerprint density at radius 1 is 1.64 bits per heavy atom. The van der Waals surface area contributed by atoms with E-state index in [-0.39, 0.29) is 11.5 Å². The number of hydrogen-bond acceptors (Lipinski definition) is 2. The van der Waals surface area contributed by atoms with E-state index in [0.29, 0.717) is 10.7 Å². The molecule has 0 bridgehead atoms. The molecular formula is C7H9ClN2O. The van der Waals surface area contributed by atoms with Crippen LogP contribution in [0.25, 0.3) is 0 Å². The molecule has 3 nitrogen and oxygen atoms in total. The summed E-state index contributed by atoms with van der Waals surface area (Å²) in [6.07, 6.45) is 1.30. The molecule has 0 fully saturated rings. The molecule has 0 saturated carbocycles. The van der Waals surface area contributed by atoms with Crippen molar-refractivity contribution in [3.63, 3.8) is 0 Å². The summed E-state index contributed by atoms with van der Waals surface area (Å²) in [4.78, 5) is 17.3. The zero-order valence-corrected chi connectivity index (χ0v) is 7.14. The van der Waals surface area contributed by atoms with E-state index in [4.69, 9.17) is 11.6 Å². The zero-order chi connectivity index (χ0) is 8.43. The standard InChI is InChI=1S/C7H9ClN2O/c1-4(2)5-6(8)9-3-10-7(5)11/h3-4H,1-2H3,(H,9,10,11). The molecule has 4 heteroatoms. The number of hydrogen-bond donors (Lipinski definition) is 1. The third-order valence-electron chi connectivity index (χ3n) is 1.42. The average Bonchev–Trinajstić information content (AvgIpc) is 1.85. The Kier molecular flexibility index (Phi) is 2.29. The first-order valence-corrected chi connectivity index (χ1v) is 3.73. The molecule has 0 spiro atoms. The van der Waals surface area contributed by atoms with Gasteiger partial charge >= 0.3 is 0 Å². The van der Waals surface area contributed by atoms with Crippen LogP contribution in [0.15, 0.2) is 11.1 Å². The van der Waals surface area contributed by atoms with Crippen molar-refractivity contribution in [2.75, 3.05) is 0 Å². The largest absolute Gasteiger partial charge is 0.313 e. The van der Waals surface area contributed by atoms with Gasteiger partial charge in [0.25, 0.3) is 5.56 Å². The maximum Gasteiger partial charge on any atom is 0.255 e. The van der Waals surface area contributed by atoms with Gasteiger partial charge in [-0.3, -0.25) is 4.79 Å². The van der Waals surface area contributed by atoms with Gasteiger partial charge in [0.2, 0.25) is 0 Å². The molecule has 1 N–H and O–H groups in total. The van der Waals surface area contributed by atoms with Crippen molar-refractivity contribution < 1.29 is 0 Å². The number of aromatic nitrogens is 2. The van der Waals surface area contributed by atoms with Crippen LogP contribution in [0.3, 0.4) is 0 Å². The summed E-state index contributed by atoms with van der Waals surface area (Å²) in [5.41, 5.74) is 0.397. The van der Waals surface area contributed by atoms with Gasteiger partial charge in [0.05, 0.1) is 11.9 Å². The second kappa shape index (κ2) is 3.05. The molecule has 1 aromatic rings. The molecule has 0 aromatic carbocycles. The minimum absolute atomic E-state index is 0.111. The number of rotatable bonds is 1. The van der Waals surface area contributed by atoms with Gasteiger partial charge in [-0.25, -0.2) is 4.98 Å². The third kappa shape index (κ3) is 1.60. The van der Waals surface area contributed by atoms with E-state index in [0.717, 1.165) is 0 Å². The zero-order valence-electron chi connectivity index (χ0n) is 6.39. The van der Waals surface area contributed by atoms with Gasteiger partial charge in [-0.15, -0.1) is 0 Å². The summed E-state index contributed by atoms with van der Waals surface area (Å²) < 4.78 is 0. The van der Waals surface area contributed by atoms with E-state index in [1.165, 1.54) is 6.33 Å². The van der Waals surface area contributed by atoms with Crippen LogP contribution in [0.2, 0.25) is 5.15 Å². The van der Waals surface area contributed by atoms with Crippen LogP contribution >= 0.6 is 11.6 Å². The molecular weight excluding hydrogens is 164 g/mol. The van der Waals surface area contributed by atoms with Crippen LogP contribution < -0.4 is 5.56 Å². The lowest BCUT2D eigenvalue weighted by Crippen LogP contribution is -2.14. The number of aromatic amines is 1. The molecule has 1 heterocycles. The maximum absolute atomic E-state index is 11.1. The van der Waals surface area contributed by atoms with E-state index in [9.17, 15) is 4.79 Å². The van der Waals surface area contributed by atoms with Crippen LogP contribution in [0, 0.1) is 0 Å². The Hall–Kier alpha value is -0.830. The fourth-order valence-corrected chi connectivity index (χ4v) is 1.24. The molecule has 0 atom stereocenters. The van der Waals surface area contributed by atoms with Crippen molar-refractivity contribution >= 4 is 11.6 Å². The molecule has 0 amide bonds. The van der Waals surface area contributed by atoms with Crippen LogP contribution in [0.1, 0.15) is 25.3 Å². The summed E-state index contributed by atoms with van der Waals surface area (Å²) in [5, 5.41) is 0.295. The SMILES string of the molecule is CC(C)c1c(Cl)nc[nH]c1=O. The topological polar surface area (TPSA) is 45.8 Å². The fraction of sp³-hybridized carbons (Fsp3) is 0.429. The minimum Gasteiger partial charge on any atom is -0.313 e. The predicted molar refractivity (Wildman–Crippen MR) is 44.0 cm³/mol. The van der Waals surface area contributed by atoms with E-state index in [2.05, 4.69) is 9.97 Å². The number of halogens is 1. The van der Waals surface area contributed by atoms with Gasteiger partial charge in [0.15, 0.2) is 0 Å². The fourth-order valence-electron chi connectivity index (χ4n) is 0.889. The Morgan fingerprint density at radius 3 is 2.64 bits per heavy atom. The highest BCUT2D eigenvalue weighted by Crippen LogP contribution is 2.16. The summed E-state index contributed by atoms with van der Waals surface area (Å²) in [5.74, 6) is 0.111. The molecule has 0 aliphatic carbocycles. The molecule has 0 aliphatic rings. The maximum atomic E-state index is 11.1. The van der Waals surface area contributed by atoms with Crippen LogP contribution in [0.4, 0.5) is 0 Å². The Morgan fingerprint density at radius 2 is 2.27 bits per heavy atom. The van der Waals surface area contributed by atoms with Crippen molar-refractivity contribution in [3.8, 4) is 0 Å². The van der Waals surface area contributed by atoms with Gasteiger partial charge in [-0.2, -0.15) is 0 Å². The van der Waals surface area contributed by atoms with Crippen LogP contribution in [-0.4, -0.2) is 9.97 Å². The van der Waals surface area contributed by atoms with E-state index < -0.39 is 0 Å².